The minimum Gasteiger partial charge on any atom is -0.465 e. The lowest BCUT2D eigenvalue weighted by Gasteiger charge is -2.33. The van der Waals surface area contributed by atoms with Gasteiger partial charge >= 0.3 is 18.1 Å². The summed E-state index contributed by atoms with van der Waals surface area (Å²) in [6, 6.07) is -0.842. The Kier molecular flexibility index (Phi) is 6.69. The van der Waals surface area contributed by atoms with Crippen LogP contribution in [-0.2, 0) is 15.7 Å². The highest BCUT2D eigenvalue weighted by Crippen LogP contribution is 2.44. The van der Waals surface area contributed by atoms with Crippen LogP contribution in [0.2, 0.25) is 0 Å². The average Bonchev–Trinajstić information content (AvgIpc) is 2.96. The molecule has 0 amide bonds. The van der Waals surface area contributed by atoms with Crippen LogP contribution in [0.15, 0.2) is 0 Å². The van der Waals surface area contributed by atoms with E-state index in [-0.39, 0.29) is 6.61 Å². The molecule has 0 saturated carbocycles. The van der Waals surface area contributed by atoms with Gasteiger partial charge in [-0.2, -0.15) is 13.2 Å². The fourth-order valence-corrected chi connectivity index (χ4v) is 3.55. The number of nitrogens with zero attached hydrogens (tertiary/aromatic N) is 2. The SMILES string of the molecule is CCOC(=O)c1c(C(F)(F)F)nc(C(F)F)c(C(=O)OC)c1N1C(C)CCC1C. The van der Waals surface area contributed by atoms with Crippen molar-refractivity contribution in [2.75, 3.05) is 18.6 Å². The van der Waals surface area contributed by atoms with Crippen LogP contribution in [0.25, 0.3) is 0 Å². The number of halogens is 5. The van der Waals surface area contributed by atoms with Gasteiger partial charge in [0.15, 0.2) is 5.69 Å². The molecule has 162 valence electrons. The van der Waals surface area contributed by atoms with Crippen molar-refractivity contribution in [2.45, 2.75) is 58.3 Å². The fourth-order valence-electron chi connectivity index (χ4n) is 3.55. The first kappa shape index (κ1) is 22.8. The molecule has 0 bridgehead atoms. The molecule has 1 aliphatic heterocycles. The summed E-state index contributed by atoms with van der Waals surface area (Å²) < 4.78 is 77.8. The lowest BCUT2D eigenvalue weighted by Crippen LogP contribution is -2.37. The Balaban J connectivity index is 3.05. The summed E-state index contributed by atoms with van der Waals surface area (Å²) in [5.74, 6) is -2.71. The van der Waals surface area contributed by atoms with E-state index in [1.165, 1.54) is 11.8 Å². The number of methoxy groups -OCH3 is 1. The molecule has 0 aromatic carbocycles. The number of anilines is 1. The van der Waals surface area contributed by atoms with Crippen molar-refractivity contribution in [3.05, 3.63) is 22.5 Å². The highest BCUT2D eigenvalue weighted by atomic mass is 19.4. The Bertz CT molecular complexity index is 787. The van der Waals surface area contributed by atoms with Crippen LogP contribution in [0.5, 0.6) is 0 Å². The van der Waals surface area contributed by atoms with Crippen molar-refractivity contribution in [1.29, 1.82) is 0 Å². The molecule has 6 nitrogen and oxygen atoms in total. The van der Waals surface area contributed by atoms with Crippen LogP contribution in [0, 0.1) is 0 Å². The summed E-state index contributed by atoms with van der Waals surface area (Å²) in [6.45, 7) is 4.45. The Morgan fingerprint density at radius 2 is 1.69 bits per heavy atom. The number of hydrogen-bond donors (Lipinski definition) is 0. The Morgan fingerprint density at radius 1 is 1.14 bits per heavy atom. The van der Waals surface area contributed by atoms with E-state index in [0.717, 1.165) is 7.11 Å². The van der Waals surface area contributed by atoms with Crippen molar-refractivity contribution < 1.29 is 41.0 Å². The van der Waals surface area contributed by atoms with Crippen LogP contribution in [0.1, 0.15) is 72.1 Å². The Labute approximate surface area is 164 Å². The molecule has 1 aromatic rings. The number of pyridine rings is 1. The first-order valence-electron chi connectivity index (χ1n) is 8.92. The molecule has 2 atom stereocenters. The van der Waals surface area contributed by atoms with E-state index in [2.05, 4.69) is 9.72 Å². The minimum absolute atomic E-state index is 0.259. The molecule has 2 rings (SSSR count). The lowest BCUT2D eigenvalue weighted by atomic mass is 10.00. The van der Waals surface area contributed by atoms with Crippen molar-refractivity contribution in [2.24, 2.45) is 0 Å². The molecule has 0 N–H and O–H groups in total. The van der Waals surface area contributed by atoms with E-state index in [0.29, 0.717) is 12.8 Å². The zero-order valence-corrected chi connectivity index (χ0v) is 16.3. The molecular formula is C18H21F5N2O4. The van der Waals surface area contributed by atoms with E-state index >= 15 is 0 Å². The quantitative estimate of drug-likeness (QED) is 0.516. The zero-order chi connectivity index (χ0) is 22.1. The second-order valence-electron chi connectivity index (χ2n) is 6.64. The van der Waals surface area contributed by atoms with Gasteiger partial charge in [-0.25, -0.2) is 23.4 Å². The van der Waals surface area contributed by atoms with Crippen molar-refractivity contribution in [3.8, 4) is 0 Å². The molecular weight excluding hydrogens is 403 g/mol. The zero-order valence-electron chi connectivity index (χ0n) is 16.3. The second kappa shape index (κ2) is 8.50. The summed E-state index contributed by atoms with van der Waals surface area (Å²) in [4.78, 5) is 29.2. The van der Waals surface area contributed by atoms with E-state index in [1.54, 1.807) is 13.8 Å². The van der Waals surface area contributed by atoms with Gasteiger partial charge in [-0.3, -0.25) is 0 Å². The van der Waals surface area contributed by atoms with E-state index in [1.807, 2.05) is 0 Å². The number of esters is 2. The van der Waals surface area contributed by atoms with Gasteiger partial charge in [0.05, 0.1) is 19.4 Å². The van der Waals surface area contributed by atoms with E-state index < -0.39 is 64.8 Å². The van der Waals surface area contributed by atoms with Crippen molar-refractivity contribution >= 4 is 17.6 Å². The molecule has 1 aliphatic rings. The number of hydrogen-bond acceptors (Lipinski definition) is 6. The molecule has 29 heavy (non-hydrogen) atoms. The van der Waals surface area contributed by atoms with Gasteiger partial charge in [0, 0.05) is 12.1 Å². The fraction of sp³-hybridized carbons (Fsp3) is 0.611. The lowest BCUT2D eigenvalue weighted by molar-refractivity contribution is -0.142. The number of carbonyl (C=O) groups excluding carboxylic acids is 2. The molecule has 1 aromatic heterocycles. The first-order valence-corrected chi connectivity index (χ1v) is 8.92. The molecule has 0 spiro atoms. The van der Waals surface area contributed by atoms with Crippen LogP contribution < -0.4 is 4.90 Å². The summed E-state index contributed by atoms with van der Waals surface area (Å²) in [7, 11) is 0.903. The molecule has 2 heterocycles. The second-order valence-corrected chi connectivity index (χ2v) is 6.64. The molecule has 2 unspecified atom stereocenters. The van der Waals surface area contributed by atoms with Gasteiger partial charge in [-0.05, 0) is 33.6 Å². The van der Waals surface area contributed by atoms with Gasteiger partial charge in [-0.1, -0.05) is 0 Å². The maximum atomic E-state index is 13.7. The molecule has 1 fully saturated rings. The van der Waals surface area contributed by atoms with Crippen LogP contribution in [0.4, 0.5) is 27.6 Å². The van der Waals surface area contributed by atoms with Gasteiger partial charge in [0.25, 0.3) is 6.43 Å². The largest absolute Gasteiger partial charge is 0.465 e. The number of carbonyl (C=O) groups is 2. The van der Waals surface area contributed by atoms with Crippen molar-refractivity contribution in [3.63, 3.8) is 0 Å². The van der Waals surface area contributed by atoms with Crippen LogP contribution >= 0.6 is 0 Å². The number of rotatable bonds is 5. The van der Waals surface area contributed by atoms with Crippen LogP contribution in [0.3, 0.4) is 0 Å². The number of ether oxygens (including phenoxy) is 2. The summed E-state index contributed by atoms with van der Waals surface area (Å²) in [6.07, 6.45) is -7.69. The normalized spacial score (nSPS) is 19.6. The highest BCUT2D eigenvalue weighted by Gasteiger charge is 2.46. The monoisotopic (exact) mass is 424 g/mol. The Hall–Kier alpha value is -2.46. The maximum absolute atomic E-state index is 13.7. The smallest absolute Gasteiger partial charge is 0.434 e. The minimum atomic E-state index is -5.23. The highest BCUT2D eigenvalue weighted by molar-refractivity contribution is 6.06. The van der Waals surface area contributed by atoms with Gasteiger partial charge in [-0.15, -0.1) is 0 Å². The van der Waals surface area contributed by atoms with Gasteiger partial charge in [0.2, 0.25) is 0 Å². The number of aromatic nitrogens is 1. The Morgan fingerprint density at radius 3 is 2.10 bits per heavy atom. The molecule has 1 saturated heterocycles. The van der Waals surface area contributed by atoms with E-state index in [4.69, 9.17) is 4.74 Å². The average molecular weight is 424 g/mol. The predicted molar refractivity (Wildman–Crippen MR) is 92.1 cm³/mol. The summed E-state index contributed by atoms with van der Waals surface area (Å²) in [5.41, 5.74) is -5.71. The maximum Gasteiger partial charge on any atom is 0.434 e. The summed E-state index contributed by atoms with van der Waals surface area (Å²) >= 11 is 0. The molecule has 11 heteroatoms. The predicted octanol–water partition coefficient (Wildman–Crippen LogP) is 4.38. The van der Waals surface area contributed by atoms with Crippen LogP contribution in [-0.4, -0.2) is 42.7 Å². The van der Waals surface area contributed by atoms with Gasteiger partial charge in [0.1, 0.15) is 16.8 Å². The van der Waals surface area contributed by atoms with E-state index in [9.17, 15) is 31.5 Å². The van der Waals surface area contributed by atoms with Gasteiger partial charge < -0.3 is 14.4 Å². The summed E-state index contributed by atoms with van der Waals surface area (Å²) in [5, 5.41) is 0. The number of alkyl halides is 5. The third kappa shape index (κ3) is 4.27. The molecule has 0 radical (unpaired) electrons. The third-order valence-electron chi connectivity index (χ3n) is 4.75. The topological polar surface area (TPSA) is 68.7 Å². The van der Waals surface area contributed by atoms with Crippen molar-refractivity contribution in [1.82, 2.24) is 4.98 Å². The first-order chi connectivity index (χ1) is 13.4. The standard InChI is InChI=1S/C18H21F5N2O4/c1-5-29-17(27)11-13(25-8(2)6-7-9(25)3)10(16(26)28-4)12(15(19)20)24-14(11)18(21,22)23/h8-9,15H,5-7H2,1-4H3. The molecule has 0 aliphatic carbocycles. The third-order valence-corrected chi connectivity index (χ3v) is 4.75.